The minimum Gasteiger partial charge on any atom is -0.356 e. The number of amides is 1. The summed E-state index contributed by atoms with van der Waals surface area (Å²) in [6.07, 6.45) is 2.75. The third kappa shape index (κ3) is 4.42. The number of alkyl halides is 1. The van der Waals surface area contributed by atoms with Gasteiger partial charge < -0.3 is 15.6 Å². The fourth-order valence-electron chi connectivity index (χ4n) is 3.98. The maximum absolute atomic E-state index is 14.0. The molecule has 2 heterocycles. The van der Waals surface area contributed by atoms with Crippen LogP contribution in [0.25, 0.3) is 11.3 Å². The quantitative estimate of drug-likeness (QED) is 0.483. The molecule has 0 unspecified atom stereocenters. The Kier molecular flexibility index (Phi) is 5.36. The number of pyridine rings is 1. The number of carbonyl (C=O) groups excluding carboxylic acids is 2. The van der Waals surface area contributed by atoms with Gasteiger partial charge in [-0.2, -0.15) is 0 Å². The monoisotopic (exact) mass is 434 g/mol. The number of benzene rings is 1. The number of aromatic nitrogens is 2. The summed E-state index contributed by atoms with van der Waals surface area (Å²) >= 11 is 0. The maximum atomic E-state index is 14.0. The normalized spacial score (nSPS) is 15.2. The highest BCUT2D eigenvalue weighted by molar-refractivity contribution is 6.08. The smallest absolute Gasteiger partial charge is 0.262 e. The molecule has 1 amide bonds. The number of anilines is 3. The van der Waals surface area contributed by atoms with Crippen molar-refractivity contribution in [3.63, 3.8) is 0 Å². The molecule has 7 heteroatoms. The van der Waals surface area contributed by atoms with Gasteiger partial charge in [-0.15, -0.1) is 0 Å². The van der Waals surface area contributed by atoms with E-state index < -0.39 is 11.6 Å². The summed E-state index contributed by atoms with van der Waals surface area (Å²) in [5.41, 5.74) is 2.38. The van der Waals surface area contributed by atoms with Crippen LogP contribution < -0.4 is 10.6 Å². The number of nitrogens with one attached hydrogen (secondary N) is 3. The number of aromatic amines is 1. The number of Topliss-reactive ketones (excluding diaryl/α,β-unsaturated/α-hetero) is 1. The number of nitrogens with zero attached hydrogens (tertiary/aromatic N) is 1. The van der Waals surface area contributed by atoms with E-state index in [0.717, 1.165) is 29.1 Å². The highest BCUT2D eigenvalue weighted by atomic mass is 19.1. The van der Waals surface area contributed by atoms with Crippen molar-refractivity contribution in [1.82, 2.24) is 9.97 Å². The van der Waals surface area contributed by atoms with Gasteiger partial charge in [-0.25, -0.2) is 9.37 Å². The summed E-state index contributed by atoms with van der Waals surface area (Å²) in [4.78, 5) is 32.8. The first-order chi connectivity index (χ1) is 15.0. The van der Waals surface area contributed by atoms with Crippen molar-refractivity contribution < 1.29 is 14.0 Å². The van der Waals surface area contributed by atoms with Gasteiger partial charge in [0.2, 0.25) is 0 Å². The van der Waals surface area contributed by atoms with Crippen LogP contribution in [0.15, 0.2) is 48.7 Å². The van der Waals surface area contributed by atoms with Gasteiger partial charge in [0.25, 0.3) is 5.91 Å². The summed E-state index contributed by atoms with van der Waals surface area (Å²) in [6.45, 7) is 6.55. The van der Waals surface area contributed by atoms with Gasteiger partial charge in [-0.3, -0.25) is 9.59 Å². The molecule has 3 N–H and O–H groups in total. The Labute approximate surface area is 186 Å². The summed E-state index contributed by atoms with van der Waals surface area (Å²) in [7, 11) is 0. The van der Waals surface area contributed by atoms with E-state index in [2.05, 4.69) is 34.4 Å². The molecule has 0 spiro atoms. The van der Waals surface area contributed by atoms with Crippen molar-refractivity contribution in [3.8, 4) is 11.3 Å². The molecule has 4 rings (SSSR count). The number of para-hydroxylation sites is 1. The highest BCUT2D eigenvalue weighted by Crippen LogP contribution is 2.43. The molecule has 3 aromatic rings. The first-order valence-electron chi connectivity index (χ1n) is 10.6. The van der Waals surface area contributed by atoms with Crippen LogP contribution in [0.5, 0.6) is 0 Å². The number of ketones is 1. The molecule has 32 heavy (non-hydrogen) atoms. The molecule has 1 aromatic carbocycles. The number of hydrogen-bond acceptors (Lipinski definition) is 4. The van der Waals surface area contributed by atoms with Crippen molar-refractivity contribution in [2.24, 2.45) is 5.41 Å². The molecule has 0 radical (unpaired) electrons. The second-order valence-electron chi connectivity index (χ2n) is 9.52. The first kappa shape index (κ1) is 21.7. The Morgan fingerprint density at radius 3 is 2.56 bits per heavy atom. The number of hydrogen-bond donors (Lipinski definition) is 3. The summed E-state index contributed by atoms with van der Waals surface area (Å²) in [6, 6.07) is 13.1. The van der Waals surface area contributed by atoms with Crippen LogP contribution >= 0.6 is 0 Å². The van der Waals surface area contributed by atoms with E-state index in [9.17, 15) is 14.0 Å². The third-order valence-electron chi connectivity index (χ3n) is 5.52. The van der Waals surface area contributed by atoms with Gasteiger partial charge in [0.05, 0.1) is 16.9 Å². The average Bonchev–Trinajstić information content (AvgIpc) is 3.05. The Hall–Kier alpha value is -3.48. The number of carbonyl (C=O) groups is 2. The Balaban J connectivity index is 1.80. The van der Waals surface area contributed by atoms with Gasteiger partial charge in [-0.1, -0.05) is 32.0 Å². The van der Waals surface area contributed by atoms with Crippen LogP contribution in [0.2, 0.25) is 0 Å². The topological polar surface area (TPSA) is 86.9 Å². The second kappa shape index (κ2) is 7.89. The summed E-state index contributed by atoms with van der Waals surface area (Å²) in [5.74, 6) is -0.449. The third-order valence-corrected chi connectivity index (χ3v) is 5.52. The Morgan fingerprint density at radius 1 is 1.16 bits per heavy atom. The van der Waals surface area contributed by atoms with E-state index in [1.54, 1.807) is 18.3 Å². The lowest BCUT2D eigenvalue weighted by Crippen LogP contribution is -2.32. The van der Waals surface area contributed by atoms with E-state index in [4.69, 9.17) is 0 Å². The van der Waals surface area contributed by atoms with Gasteiger partial charge in [0.1, 0.15) is 5.82 Å². The van der Waals surface area contributed by atoms with Crippen molar-refractivity contribution in [2.75, 3.05) is 10.6 Å². The molecule has 6 nitrogen and oxygen atoms in total. The second-order valence-corrected chi connectivity index (χ2v) is 9.52. The lowest BCUT2D eigenvalue weighted by molar-refractivity contribution is -0.125. The Bertz CT molecular complexity index is 1180. The minimum absolute atomic E-state index is 0.0824. The Morgan fingerprint density at radius 2 is 1.88 bits per heavy atom. The zero-order chi connectivity index (χ0) is 23.1. The predicted octanol–water partition coefficient (Wildman–Crippen LogP) is 5.66. The zero-order valence-electron chi connectivity index (χ0n) is 18.7. The van der Waals surface area contributed by atoms with Crippen LogP contribution in [0.1, 0.15) is 50.2 Å². The predicted molar refractivity (Wildman–Crippen MR) is 124 cm³/mol. The fraction of sp³-hybridized carbons (Fsp3) is 0.320. The van der Waals surface area contributed by atoms with Crippen LogP contribution in [0.3, 0.4) is 0 Å². The molecular weight excluding hydrogens is 407 g/mol. The van der Waals surface area contributed by atoms with Crippen LogP contribution in [0, 0.1) is 5.41 Å². The largest absolute Gasteiger partial charge is 0.356 e. The molecule has 0 saturated heterocycles. The van der Waals surface area contributed by atoms with Crippen molar-refractivity contribution in [2.45, 2.75) is 46.2 Å². The number of H-pyrrole nitrogens is 1. The number of rotatable bonds is 5. The van der Waals surface area contributed by atoms with E-state index in [1.165, 1.54) is 13.8 Å². The molecule has 0 bridgehead atoms. The van der Waals surface area contributed by atoms with Crippen molar-refractivity contribution >= 4 is 28.9 Å². The van der Waals surface area contributed by atoms with Crippen LogP contribution in [-0.2, 0) is 11.2 Å². The molecule has 0 aliphatic heterocycles. The van der Waals surface area contributed by atoms with E-state index in [-0.39, 0.29) is 17.0 Å². The maximum Gasteiger partial charge on any atom is 0.262 e. The molecule has 166 valence electrons. The molecule has 2 aromatic heterocycles. The number of halogens is 1. The van der Waals surface area contributed by atoms with Crippen molar-refractivity contribution in [3.05, 3.63) is 59.9 Å². The molecule has 0 atom stereocenters. The summed E-state index contributed by atoms with van der Waals surface area (Å²) < 4.78 is 14.0. The fourth-order valence-corrected chi connectivity index (χ4v) is 3.98. The standard InChI is InChI=1S/C25H27FN4O2/c1-24(2)13-17-20(18(31)14-24)22(28-16-8-6-5-7-9-16)21(29-17)15-10-11-27-19(12-15)30-23(32)25(3,4)26/h5-12,28-29H,13-14H2,1-4H3,(H,27,30,32). The first-order valence-corrected chi connectivity index (χ1v) is 10.6. The lowest BCUT2D eigenvalue weighted by atomic mass is 9.76. The van der Waals surface area contributed by atoms with Crippen molar-refractivity contribution in [1.29, 1.82) is 0 Å². The van der Waals surface area contributed by atoms with Crippen LogP contribution in [0.4, 0.5) is 21.6 Å². The van der Waals surface area contributed by atoms with E-state index in [1.807, 2.05) is 30.3 Å². The van der Waals surface area contributed by atoms with E-state index >= 15 is 0 Å². The van der Waals surface area contributed by atoms with Gasteiger partial charge in [0.15, 0.2) is 11.5 Å². The van der Waals surface area contributed by atoms with Gasteiger partial charge in [-0.05, 0) is 49.9 Å². The highest BCUT2D eigenvalue weighted by Gasteiger charge is 2.36. The minimum atomic E-state index is -2.03. The van der Waals surface area contributed by atoms with Gasteiger partial charge in [0, 0.05) is 29.6 Å². The van der Waals surface area contributed by atoms with Gasteiger partial charge >= 0.3 is 0 Å². The molecular formula is C25H27FN4O2. The lowest BCUT2D eigenvalue weighted by Gasteiger charge is -2.28. The molecule has 1 aliphatic rings. The zero-order valence-corrected chi connectivity index (χ0v) is 18.7. The van der Waals surface area contributed by atoms with E-state index in [0.29, 0.717) is 17.7 Å². The average molecular weight is 435 g/mol. The molecule has 0 fully saturated rings. The number of fused-ring (bicyclic) bond motifs is 1. The molecule has 1 aliphatic carbocycles. The summed E-state index contributed by atoms with van der Waals surface area (Å²) in [5, 5.41) is 5.92. The SMILES string of the molecule is CC1(C)CC(=O)c2c([nH]c(-c3ccnc(NC(=O)C(C)(C)F)c3)c2Nc2ccccc2)C1. The van der Waals surface area contributed by atoms with Crippen LogP contribution in [-0.4, -0.2) is 27.3 Å². The molecule has 0 saturated carbocycles.